The fraction of sp³-hybridized carbons (Fsp3) is 0.273. The number of furan rings is 1. The van der Waals surface area contributed by atoms with Crippen LogP contribution in [0.15, 0.2) is 46.9 Å². The maximum absolute atomic E-state index is 12.1. The summed E-state index contributed by atoms with van der Waals surface area (Å²) in [5.74, 6) is 1.54. The molecule has 1 heterocycles. The predicted molar refractivity (Wildman–Crippen MR) is 102 cm³/mol. The van der Waals surface area contributed by atoms with E-state index in [1.54, 1.807) is 25.3 Å². The molecule has 0 spiro atoms. The number of nitriles is 1. The molecule has 5 nitrogen and oxygen atoms in total. The van der Waals surface area contributed by atoms with Crippen molar-refractivity contribution < 1.29 is 18.7 Å². The number of esters is 1. The predicted octanol–water partition coefficient (Wildman–Crippen LogP) is 4.80. The summed E-state index contributed by atoms with van der Waals surface area (Å²) in [5, 5.41) is 9.81. The molecule has 0 saturated heterocycles. The zero-order valence-electron chi connectivity index (χ0n) is 15.5. The van der Waals surface area contributed by atoms with Gasteiger partial charge in [0.15, 0.2) is 5.75 Å². The van der Waals surface area contributed by atoms with Gasteiger partial charge in [-0.2, -0.15) is 5.26 Å². The monoisotopic (exact) mass is 363 g/mol. The third-order valence-corrected chi connectivity index (χ3v) is 4.31. The molecular formula is C22H21NO4. The van der Waals surface area contributed by atoms with Gasteiger partial charge in [-0.25, -0.2) is 0 Å². The Morgan fingerprint density at radius 3 is 2.59 bits per heavy atom. The van der Waals surface area contributed by atoms with E-state index >= 15 is 0 Å². The first kappa shape index (κ1) is 18.5. The van der Waals surface area contributed by atoms with Crippen LogP contribution >= 0.6 is 0 Å². The van der Waals surface area contributed by atoms with E-state index in [1.807, 2.05) is 31.2 Å². The van der Waals surface area contributed by atoms with Crippen molar-refractivity contribution in [2.75, 3.05) is 7.11 Å². The summed E-state index contributed by atoms with van der Waals surface area (Å²) >= 11 is 0. The first-order valence-electron chi connectivity index (χ1n) is 8.93. The number of aryl methyl sites for hydroxylation is 2. The van der Waals surface area contributed by atoms with Gasteiger partial charge >= 0.3 is 5.97 Å². The Balaban J connectivity index is 1.89. The lowest BCUT2D eigenvalue weighted by molar-refractivity contribution is -0.134. The van der Waals surface area contributed by atoms with Crippen LogP contribution < -0.4 is 9.47 Å². The molecule has 0 fully saturated rings. The van der Waals surface area contributed by atoms with Gasteiger partial charge in [0.05, 0.1) is 24.1 Å². The maximum Gasteiger partial charge on any atom is 0.311 e. The summed E-state index contributed by atoms with van der Waals surface area (Å²) in [6.07, 6.45) is 2.35. The minimum absolute atomic E-state index is 0.298. The molecule has 138 valence electrons. The summed E-state index contributed by atoms with van der Waals surface area (Å²) in [6, 6.07) is 15.1. The largest absolute Gasteiger partial charge is 0.497 e. The molecule has 3 rings (SSSR count). The highest BCUT2D eigenvalue weighted by molar-refractivity contribution is 5.89. The molecule has 5 heteroatoms. The van der Waals surface area contributed by atoms with Crippen LogP contribution in [-0.4, -0.2) is 13.1 Å². The molecule has 1 aromatic heterocycles. The zero-order chi connectivity index (χ0) is 19.2. The van der Waals surface area contributed by atoms with Crippen LogP contribution in [0.2, 0.25) is 0 Å². The molecule has 0 unspecified atom stereocenters. The zero-order valence-corrected chi connectivity index (χ0v) is 15.5. The Kier molecular flexibility index (Phi) is 5.77. The van der Waals surface area contributed by atoms with Crippen molar-refractivity contribution in [2.24, 2.45) is 0 Å². The van der Waals surface area contributed by atoms with Crippen molar-refractivity contribution >= 4 is 16.9 Å². The highest BCUT2D eigenvalue weighted by atomic mass is 16.5. The Bertz CT molecular complexity index is 980. The van der Waals surface area contributed by atoms with E-state index in [0.29, 0.717) is 47.3 Å². The molecule has 0 aliphatic rings. The highest BCUT2D eigenvalue weighted by Crippen LogP contribution is 2.35. The number of nitrogens with zero attached hydrogens (tertiary/aromatic N) is 1. The van der Waals surface area contributed by atoms with Gasteiger partial charge in [0.2, 0.25) is 0 Å². The van der Waals surface area contributed by atoms with Crippen LogP contribution in [0.1, 0.15) is 36.7 Å². The number of fused-ring (bicyclic) bond motifs is 1. The Morgan fingerprint density at radius 1 is 1.15 bits per heavy atom. The first-order chi connectivity index (χ1) is 13.1. The van der Waals surface area contributed by atoms with Crippen LogP contribution in [0.4, 0.5) is 0 Å². The van der Waals surface area contributed by atoms with Crippen molar-refractivity contribution in [1.29, 1.82) is 5.26 Å². The van der Waals surface area contributed by atoms with Crippen LogP contribution in [0, 0.1) is 11.3 Å². The Morgan fingerprint density at radius 2 is 1.93 bits per heavy atom. The standard InChI is InChI=1S/C22H21NO4/c1-3-4-21(24)27-22-18-13-16(14-23)8-11-19(18)26-20(22)12-7-15-5-9-17(25-2)10-6-15/h5-6,8-11,13H,3-4,7,12H2,1-2H3. The number of benzene rings is 2. The molecule has 0 saturated carbocycles. The third kappa shape index (κ3) is 4.29. The van der Waals surface area contributed by atoms with Gasteiger partial charge in [0, 0.05) is 12.8 Å². The second-order valence-corrected chi connectivity index (χ2v) is 6.25. The van der Waals surface area contributed by atoms with Gasteiger partial charge in [-0.15, -0.1) is 0 Å². The van der Waals surface area contributed by atoms with E-state index in [1.165, 1.54) is 0 Å². The number of carbonyl (C=O) groups is 1. The second kappa shape index (κ2) is 8.41. The van der Waals surface area contributed by atoms with Gasteiger partial charge in [-0.05, 0) is 48.7 Å². The maximum atomic E-state index is 12.1. The molecule has 0 radical (unpaired) electrons. The number of methoxy groups -OCH3 is 1. The summed E-state index contributed by atoms with van der Waals surface area (Å²) in [5.41, 5.74) is 2.23. The molecule has 3 aromatic rings. The van der Waals surface area contributed by atoms with E-state index in [4.69, 9.17) is 19.2 Å². The molecular weight excluding hydrogens is 342 g/mol. The van der Waals surface area contributed by atoms with Crippen LogP contribution in [-0.2, 0) is 17.6 Å². The van der Waals surface area contributed by atoms with Crippen molar-refractivity contribution in [3.05, 3.63) is 59.4 Å². The average Bonchev–Trinajstić information content (AvgIpc) is 3.03. The summed E-state index contributed by atoms with van der Waals surface area (Å²) in [6.45, 7) is 1.92. The lowest BCUT2D eigenvalue weighted by Crippen LogP contribution is -2.08. The van der Waals surface area contributed by atoms with Crippen LogP contribution in [0.3, 0.4) is 0 Å². The minimum Gasteiger partial charge on any atom is -0.497 e. The van der Waals surface area contributed by atoms with Crippen molar-refractivity contribution in [3.63, 3.8) is 0 Å². The topological polar surface area (TPSA) is 72.5 Å². The fourth-order valence-corrected chi connectivity index (χ4v) is 2.89. The van der Waals surface area contributed by atoms with E-state index < -0.39 is 0 Å². The highest BCUT2D eigenvalue weighted by Gasteiger charge is 2.19. The van der Waals surface area contributed by atoms with E-state index in [9.17, 15) is 4.79 Å². The SMILES string of the molecule is CCCC(=O)Oc1c(CCc2ccc(OC)cc2)oc2ccc(C#N)cc12. The van der Waals surface area contributed by atoms with Gasteiger partial charge in [-0.1, -0.05) is 19.1 Å². The second-order valence-electron chi connectivity index (χ2n) is 6.25. The summed E-state index contributed by atoms with van der Waals surface area (Å²) in [4.78, 5) is 12.1. The Labute approximate surface area is 158 Å². The van der Waals surface area contributed by atoms with Crippen molar-refractivity contribution in [1.82, 2.24) is 0 Å². The first-order valence-corrected chi connectivity index (χ1v) is 8.93. The van der Waals surface area contributed by atoms with Crippen LogP contribution in [0.25, 0.3) is 11.0 Å². The van der Waals surface area contributed by atoms with Crippen LogP contribution in [0.5, 0.6) is 11.5 Å². The molecule has 0 N–H and O–H groups in total. The van der Waals surface area contributed by atoms with Gasteiger partial charge in [0.25, 0.3) is 0 Å². The van der Waals surface area contributed by atoms with Gasteiger partial charge in [-0.3, -0.25) is 4.79 Å². The minimum atomic E-state index is -0.298. The third-order valence-electron chi connectivity index (χ3n) is 4.31. The molecule has 0 amide bonds. The number of hydrogen-bond acceptors (Lipinski definition) is 5. The molecule has 2 aromatic carbocycles. The van der Waals surface area contributed by atoms with Crippen molar-refractivity contribution in [2.45, 2.75) is 32.6 Å². The average molecular weight is 363 g/mol. The van der Waals surface area contributed by atoms with E-state index in [2.05, 4.69) is 6.07 Å². The Hall–Kier alpha value is -3.26. The smallest absolute Gasteiger partial charge is 0.311 e. The molecule has 0 bridgehead atoms. The summed E-state index contributed by atoms with van der Waals surface area (Å²) < 4.78 is 16.7. The molecule has 0 aliphatic carbocycles. The van der Waals surface area contributed by atoms with E-state index in [-0.39, 0.29) is 5.97 Å². The normalized spacial score (nSPS) is 10.6. The lowest BCUT2D eigenvalue weighted by Gasteiger charge is -2.06. The lowest BCUT2D eigenvalue weighted by atomic mass is 10.1. The molecule has 0 aliphatic heterocycles. The van der Waals surface area contributed by atoms with E-state index in [0.717, 1.165) is 17.7 Å². The fourth-order valence-electron chi connectivity index (χ4n) is 2.89. The molecule has 27 heavy (non-hydrogen) atoms. The molecule has 0 atom stereocenters. The number of carbonyl (C=O) groups excluding carboxylic acids is 1. The van der Waals surface area contributed by atoms with Crippen molar-refractivity contribution in [3.8, 4) is 17.6 Å². The van der Waals surface area contributed by atoms with Gasteiger partial charge in [0.1, 0.15) is 17.1 Å². The number of rotatable bonds is 7. The summed E-state index contributed by atoms with van der Waals surface area (Å²) in [7, 11) is 1.63. The quantitative estimate of drug-likeness (QED) is 0.564. The number of hydrogen-bond donors (Lipinski definition) is 0. The van der Waals surface area contributed by atoms with Gasteiger partial charge < -0.3 is 13.9 Å². The number of ether oxygens (including phenoxy) is 2.